The summed E-state index contributed by atoms with van der Waals surface area (Å²) in [5.74, 6) is 0. The lowest BCUT2D eigenvalue weighted by molar-refractivity contribution is 1.61. The van der Waals surface area contributed by atoms with Crippen LogP contribution in [0.25, 0.3) is 70.2 Å². The average molecular weight is 587 g/mol. The fourth-order valence-electron chi connectivity index (χ4n) is 6.03. The van der Waals surface area contributed by atoms with Gasteiger partial charge in [0.15, 0.2) is 0 Å². The summed E-state index contributed by atoms with van der Waals surface area (Å²) in [5, 5.41) is 4.97. The van der Waals surface area contributed by atoms with Crippen LogP contribution < -0.4 is 0 Å². The van der Waals surface area contributed by atoms with E-state index >= 15 is 0 Å². The zero-order valence-electron chi connectivity index (χ0n) is 25.6. The molecule has 0 aliphatic carbocycles. The van der Waals surface area contributed by atoms with E-state index in [9.17, 15) is 0 Å². The lowest BCUT2D eigenvalue weighted by Crippen LogP contribution is -1.89. The maximum atomic E-state index is 2.29. The molecule has 0 aromatic heterocycles. The van der Waals surface area contributed by atoms with E-state index < -0.39 is 0 Å². The number of hydrogen-bond acceptors (Lipinski definition) is 0. The third-order valence-electron chi connectivity index (χ3n) is 8.38. The molecule has 0 aliphatic rings. The molecule has 0 unspecified atom stereocenters. The zero-order valence-corrected chi connectivity index (χ0v) is 25.6. The van der Waals surface area contributed by atoms with Crippen LogP contribution in [0.1, 0.15) is 44.5 Å². The Morgan fingerprint density at radius 2 is 0.478 bits per heavy atom. The summed E-state index contributed by atoms with van der Waals surface area (Å²) in [6.07, 6.45) is 17.8. The molecule has 0 amide bonds. The molecule has 0 saturated heterocycles. The number of rotatable bonds is 8. The van der Waals surface area contributed by atoms with Gasteiger partial charge in [-0.2, -0.15) is 0 Å². The van der Waals surface area contributed by atoms with Crippen LogP contribution in [0.4, 0.5) is 0 Å². The van der Waals surface area contributed by atoms with Crippen molar-refractivity contribution in [1.29, 1.82) is 0 Å². The predicted molar refractivity (Wildman–Crippen MR) is 203 cm³/mol. The summed E-state index contributed by atoms with van der Waals surface area (Å²) in [5.41, 5.74) is 9.60. The second kappa shape index (κ2) is 13.8. The smallest absolute Gasteiger partial charge is 0.00987 e. The van der Waals surface area contributed by atoms with Gasteiger partial charge >= 0.3 is 0 Å². The fraction of sp³-hybridized carbons (Fsp3) is 0. The summed E-state index contributed by atoms with van der Waals surface area (Å²) >= 11 is 0. The van der Waals surface area contributed by atoms with Crippen LogP contribution in [-0.2, 0) is 0 Å². The number of benzene rings is 7. The maximum Gasteiger partial charge on any atom is -0.00987 e. The Morgan fingerprint density at radius 3 is 0.804 bits per heavy atom. The molecule has 218 valence electrons. The summed E-state index contributed by atoms with van der Waals surface area (Å²) in [6, 6.07) is 55.6. The predicted octanol–water partition coefficient (Wildman–Crippen LogP) is 12.7. The van der Waals surface area contributed by atoms with E-state index in [2.05, 4.69) is 194 Å². The third kappa shape index (κ3) is 6.43. The highest BCUT2D eigenvalue weighted by molar-refractivity contribution is 6.14. The van der Waals surface area contributed by atoms with Crippen molar-refractivity contribution in [3.05, 3.63) is 202 Å². The molecule has 0 aliphatic heterocycles. The monoisotopic (exact) mass is 586 g/mol. The van der Waals surface area contributed by atoms with Crippen LogP contribution in [0.15, 0.2) is 158 Å². The normalized spacial score (nSPS) is 12.0. The van der Waals surface area contributed by atoms with Gasteiger partial charge in [-0.1, -0.05) is 206 Å². The SMILES string of the molecule is C(=Cc1ccccc1C=Cc1c2ccccc2c(C=Cc2ccccc2C=Cc2ccccc2)c2ccccc12)c1ccccc1. The Morgan fingerprint density at radius 1 is 0.217 bits per heavy atom. The molecule has 0 nitrogen and oxygen atoms in total. The minimum atomic E-state index is 1.19. The molecule has 0 saturated carbocycles. The zero-order chi connectivity index (χ0) is 31.0. The molecule has 0 bridgehead atoms. The molecule has 7 aromatic carbocycles. The second-order valence-corrected chi connectivity index (χ2v) is 11.3. The molecule has 7 aromatic rings. The van der Waals surface area contributed by atoms with Gasteiger partial charge in [0.05, 0.1) is 0 Å². The van der Waals surface area contributed by atoms with Crippen LogP contribution in [0, 0.1) is 0 Å². The molecule has 46 heavy (non-hydrogen) atoms. The molecule has 0 atom stereocenters. The van der Waals surface area contributed by atoms with Crippen molar-refractivity contribution in [2.24, 2.45) is 0 Å². The first-order valence-electron chi connectivity index (χ1n) is 15.8. The van der Waals surface area contributed by atoms with Gasteiger partial charge < -0.3 is 0 Å². The van der Waals surface area contributed by atoms with Gasteiger partial charge in [-0.3, -0.25) is 0 Å². The standard InChI is InChI=1S/C46H34/c1-3-15-35(16-4-1)27-29-37-19-7-9-21-39(37)31-33-45-41-23-11-13-25-43(41)46(44-26-14-12-24-42(44)45)34-32-40-22-10-8-20-38(40)30-28-36-17-5-2-6-18-36/h1-34H. The number of hydrogen-bond donors (Lipinski definition) is 0. The van der Waals surface area contributed by atoms with Crippen molar-refractivity contribution in [1.82, 2.24) is 0 Å². The van der Waals surface area contributed by atoms with Gasteiger partial charge in [0.2, 0.25) is 0 Å². The van der Waals surface area contributed by atoms with Crippen LogP contribution >= 0.6 is 0 Å². The van der Waals surface area contributed by atoms with Crippen molar-refractivity contribution in [3.8, 4) is 0 Å². The van der Waals surface area contributed by atoms with E-state index in [1.54, 1.807) is 0 Å². The molecule has 0 N–H and O–H groups in total. The van der Waals surface area contributed by atoms with Crippen molar-refractivity contribution >= 4 is 70.2 Å². The van der Waals surface area contributed by atoms with E-state index in [-0.39, 0.29) is 0 Å². The molecule has 0 spiro atoms. The Bertz CT molecular complexity index is 2010. The van der Waals surface area contributed by atoms with Gasteiger partial charge in [-0.05, 0) is 66.1 Å². The van der Waals surface area contributed by atoms with Gasteiger partial charge in [0, 0.05) is 0 Å². The number of fused-ring (bicyclic) bond motifs is 2. The summed E-state index contributed by atoms with van der Waals surface area (Å²) in [7, 11) is 0. The highest BCUT2D eigenvalue weighted by Crippen LogP contribution is 2.35. The van der Waals surface area contributed by atoms with Crippen LogP contribution in [0.3, 0.4) is 0 Å². The van der Waals surface area contributed by atoms with Gasteiger partial charge in [-0.25, -0.2) is 0 Å². The lowest BCUT2D eigenvalue weighted by Gasteiger charge is -2.13. The minimum Gasteiger partial charge on any atom is -0.0622 e. The van der Waals surface area contributed by atoms with E-state index in [0.717, 1.165) is 0 Å². The first-order chi connectivity index (χ1) is 22.8. The molecule has 0 fully saturated rings. The Hall–Kier alpha value is -5.98. The first-order valence-corrected chi connectivity index (χ1v) is 15.8. The first kappa shape index (κ1) is 28.8. The van der Waals surface area contributed by atoms with Gasteiger partial charge in [0.1, 0.15) is 0 Å². The maximum absolute atomic E-state index is 2.29. The molecular formula is C46H34. The largest absolute Gasteiger partial charge is 0.0622 e. The Labute approximate surface area is 271 Å². The lowest BCUT2D eigenvalue weighted by atomic mass is 9.90. The van der Waals surface area contributed by atoms with Crippen LogP contribution in [0.2, 0.25) is 0 Å². The molecule has 0 heteroatoms. The molecule has 0 radical (unpaired) electrons. The minimum absolute atomic E-state index is 1.19. The summed E-state index contributed by atoms with van der Waals surface area (Å²) < 4.78 is 0. The van der Waals surface area contributed by atoms with Crippen molar-refractivity contribution in [2.75, 3.05) is 0 Å². The van der Waals surface area contributed by atoms with E-state index in [1.807, 2.05) is 12.1 Å². The van der Waals surface area contributed by atoms with Gasteiger partial charge in [-0.15, -0.1) is 0 Å². The quantitative estimate of drug-likeness (QED) is 0.123. The summed E-state index contributed by atoms with van der Waals surface area (Å²) in [4.78, 5) is 0. The van der Waals surface area contributed by atoms with Gasteiger partial charge in [0.25, 0.3) is 0 Å². The average Bonchev–Trinajstić information content (AvgIpc) is 3.13. The third-order valence-corrected chi connectivity index (χ3v) is 8.38. The van der Waals surface area contributed by atoms with E-state index in [1.165, 1.54) is 66.1 Å². The molecule has 0 heterocycles. The van der Waals surface area contributed by atoms with E-state index in [4.69, 9.17) is 0 Å². The molecular weight excluding hydrogens is 553 g/mol. The van der Waals surface area contributed by atoms with Crippen molar-refractivity contribution in [3.63, 3.8) is 0 Å². The highest BCUT2D eigenvalue weighted by Gasteiger charge is 2.11. The van der Waals surface area contributed by atoms with Crippen molar-refractivity contribution in [2.45, 2.75) is 0 Å². The van der Waals surface area contributed by atoms with E-state index in [0.29, 0.717) is 0 Å². The summed E-state index contributed by atoms with van der Waals surface area (Å²) in [6.45, 7) is 0. The Balaban J connectivity index is 1.29. The molecule has 7 rings (SSSR count). The second-order valence-electron chi connectivity index (χ2n) is 11.3. The van der Waals surface area contributed by atoms with Crippen LogP contribution in [0.5, 0.6) is 0 Å². The van der Waals surface area contributed by atoms with Crippen LogP contribution in [-0.4, -0.2) is 0 Å². The topological polar surface area (TPSA) is 0 Å². The highest BCUT2D eigenvalue weighted by atomic mass is 14.1. The fourth-order valence-corrected chi connectivity index (χ4v) is 6.03. The Kier molecular flexibility index (Phi) is 8.61. The van der Waals surface area contributed by atoms with Crippen molar-refractivity contribution < 1.29 is 0 Å².